The number of benzene rings is 1. The van der Waals surface area contributed by atoms with Gasteiger partial charge >= 0.3 is 11.7 Å². The molecular weight excluding hydrogens is 334 g/mol. The van der Waals surface area contributed by atoms with Gasteiger partial charge in [0.1, 0.15) is 0 Å². The SMILES string of the molecule is CCOC(=O)/C=C/Cn1c(=O)c2cc(F)c(F)cc2n(C(C)C)c1=O. The van der Waals surface area contributed by atoms with Crippen LogP contribution in [0, 0.1) is 11.6 Å². The van der Waals surface area contributed by atoms with Crippen molar-refractivity contribution in [3.8, 4) is 0 Å². The van der Waals surface area contributed by atoms with E-state index in [0.717, 1.165) is 22.8 Å². The van der Waals surface area contributed by atoms with Crippen LogP contribution in [-0.4, -0.2) is 21.7 Å². The summed E-state index contributed by atoms with van der Waals surface area (Å²) in [6.45, 7) is 5.02. The lowest BCUT2D eigenvalue weighted by molar-refractivity contribution is -0.137. The normalized spacial score (nSPS) is 11.6. The van der Waals surface area contributed by atoms with Crippen molar-refractivity contribution >= 4 is 16.9 Å². The molecule has 0 saturated carbocycles. The van der Waals surface area contributed by atoms with Crippen LogP contribution in [0.5, 0.6) is 0 Å². The first-order valence-electron chi connectivity index (χ1n) is 7.75. The van der Waals surface area contributed by atoms with Crippen LogP contribution >= 0.6 is 0 Å². The number of nitrogens with zero attached hydrogens (tertiary/aromatic N) is 2. The van der Waals surface area contributed by atoms with Crippen molar-refractivity contribution in [2.75, 3.05) is 6.61 Å². The molecule has 1 heterocycles. The third-order valence-electron chi connectivity index (χ3n) is 3.56. The number of allylic oxidation sites excluding steroid dienone is 1. The molecule has 0 aliphatic rings. The standard InChI is InChI=1S/C17H18F2N2O4/c1-4-25-15(22)6-5-7-20-16(23)11-8-12(18)13(19)9-14(11)21(10(2)3)17(20)24/h5-6,8-10H,4,7H2,1-3H3/b6-5+. The van der Waals surface area contributed by atoms with Crippen LogP contribution in [0.1, 0.15) is 26.8 Å². The Bertz CT molecular complexity index is 958. The third kappa shape index (κ3) is 3.67. The number of carbonyl (C=O) groups is 1. The van der Waals surface area contributed by atoms with E-state index in [-0.39, 0.29) is 30.1 Å². The highest BCUT2D eigenvalue weighted by atomic mass is 19.2. The zero-order valence-electron chi connectivity index (χ0n) is 14.1. The van der Waals surface area contributed by atoms with E-state index in [2.05, 4.69) is 0 Å². The molecule has 2 aromatic rings. The maximum absolute atomic E-state index is 13.6. The van der Waals surface area contributed by atoms with Crippen molar-refractivity contribution in [2.24, 2.45) is 0 Å². The molecule has 1 aromatic heterocycles. The zero-order valence-corrected chi connectivity index (χ0v) is 14.1. The number of fused-ring (bicyclic) bond motifs is 1. The molecule has 0 aliphatic heterocycles. The van der Waals surface area contributed by atoms with Gasteiger partial charge in [0.2, 0.25) is 0 Å². The molecule has 0 atom stereocenters. The fourth-order valence-corrected chi connectivity index (χ4v) is 2.48. The van der Waals surface area contributed by atoms with Gasteiger partial charge in [-0.3, -0.25) is 13.9 Å². The van der Waals surface area contributed by atoms with Crippen LogP contribution < -0.4 is 11.2 Å². The molecule has 0 N–H and O–H groups in total. The molecule has 0 amide bonds. The largest absolute Gasteiger partial charge is 0.463 e. The molecule has 134 valence electrons. The highest BCUT2D eigenvalue weighted by molar-refractivity contribution is 5.81. The van der Waals surface area contributed by atoms with Gasteiger partial charge in [0.15, 0.2) is 11.6 Å². The summed E-state index contributed by atoms with van der Waals surface area (Å²) in [4.78, 5) is 36.4. The Hall–Kier alpha value is -2.77. The van der Waals surface area contributed by atoms with Crippen molar-refractivity contribution in [1.29, 1.82) is 0 Å². The molecule has 6 nitrogen and oxygen atoms in total. The Morgan fingerprint density at radius 1 is 1.24 bits per heavy atom. The number of ether oxygens (including phenoxy) is 1. The lowest BCUT2D eigenvalue weighted by Crippen LogP contribution is -2.40. The van der Waals surface area contributed by atoms with Crippen LogP contribution in [0.4, 0.5) is 8.78 Å². The average molecular weight is 352 g/mol. The Kier molecular flexibility index (Phi) is 5.51. The van der Waals surface area contributed by atoms with E-state index in [4.69, 9.17) is 4.74 Å². The fourth-order valence-electron chi connectivity index (χ4n) is 2.48. The minimum Gasteiger partial charge on any atom is -0.463 e. The van der Waals surface area contributed by atoms with Gasteiger partial charge < -0.3 is 4.74 Å². The maximum atomic E-state index is 13.6. The molecule has 25 heavy (non-hydrogen) atoms. The van der Waals surface area contributed by atoms with Crippen molar-refractivity contribution in [2.45, 2.75) is 33.4 Å². The highest BCUT2D eigenvalue weighted by Gasteiger charge is 2.17. The molecule has 0 aliphatic carbocycles. The van der Waals surface area contributed by atoms with E-state index in [1.807, 2.05) is 0 Å². The Labute approximate surface area is 141 Å². The van der Waals surface area contributed by atoms with Crippen LogP contribution in [-0.2, 0) is 16.1 Å². The summed E-state index contributed by atoms with van der Waals surface area (Å²) >= 11 is 0. The van der Waals surface area contributed by atoms with Crippen LogP contribution in [0.2, 0.25) is 0 Å². The minimum atomic E-state index is -1.17. The third-order valence-corrected chi connectivity index (χ3v) is 3.56. The Morgan fingerprint density at radius 3 is 2.48 bits per heavy atom. The molecule has 1 aromatic carbocycles. The topological polar surface area (TPSA) is 70.3 Å². The summed E-state index contributed by atoms with van der Waals surface area (Å²) in [5, 5.41) is -0.114. The molecule has 8 heteroatoms. The molecule has 0 spiro atoms. The molecule has 0 bridgehead atoms. The van der Waals surface area contributed by atoms with E-state index in [0.29, 0.717) is 0 Å². The van der Waals surface area contributed by atoms with Crippen LogP contribution in [0.25, 0.3) is 10.9 Å². The zero-order chi connectivity index (χ0) is 18.7. The number of carbonyl (C=O) groups excluding carboxylic acids is 1. The monoisotopic (exact) mass is 352 g/mol. The summed E-state index contributed by atoms with van der Waals surface area (Å²) in [6, 6.07) is 1.23. The van der Waals surface area contributed by atoms with E-state index in [1.54, 1.807) is 20.8 Å². The number of hydrogen-bond acceptors (Lipinski definition) is 4. The van der Waals surface area contributed by atoms with Gasteiger partial charge in [0.25, 0.3) is 5.56 Å². The van der Waals surface area contributed by atoms with Crippen molar-refractivity contribution in [1.82, 2.24) is 9.13 Å². The van der Waals surface area contributed by atoms with Gasteiger partial charge in [-0.15, -0.1) is 0 Å². The van der Waals surface area contributed by atoms with Crippen molar-refractivity contribution in [3.63, 3.8) is 0 Å². The molecule has 0 radical (unpaired) electrons. The fraction of sp³-hybridized carbons (Fsp3) is 0.353. The van der Waals surface area contributed by atoms with Crippen LogP contribution in [0.3, 0.4) is 0 Å². The number of hydrogen-bond donors (Lipinski definition) is 0. The van der Waals surface area contributed by atoms with E-state index < -0.39 is 28.9 Å². The number of halogens is 2. The molecule has 0 unspecified atom stereocenters. The average Bonchev–Trinajstić information content (AvgIpc) is 2.53. The summed E-state index contributed by atoms with van der Waals surface area (Å²) in [5.74, 6) is -2.92. The predicted molar refractivity (Wildman–Crippen MR) is 88.5 cm³/mol. The lowest BCUT2D eigenvalue weighted by Gasteiger charge is -2.16. The summed E-state index contributed by atoms with van der Waals surface area (Å²) in [5.41, 5.74) is -1.41. The molecule has 0 saturated heterocycles. The maximum Gasteiger partial charge on any atom is 0.332 e. The first-order valence-corrected chi connectivity index (χ1v) is 7.75. The second-order valence-electron chi connectivity index (χ2n) is 5.60. The van der Waals surface area contributed by atoms with Gasteiger partial charge in [0, 0.05) is 24.7 Å². The predicted octanol–water partition coefficient (Wildman–Crippen LogP) is 2.14. The van der Waals surface area contributed by atoms with Crippen molar-refractivity contribution < 1.29 is 18.3 Å². The Balaban J connectivity index is 2.65. The van der Waals surface area contributed by atoms with E-state index >= 15 is 0 Å². The second kappa shape index (κ2) is 7.42. The lowest BCUT2D eigenvalue weighted by atomic mass is 10.2. The summed E-state index contributed by atoms with van der Waals surface area (Å²) < 4.78 is 33.9. The van der Waals surface area contributed by atoms with Gasteiger partial charge in [-0.05, 0) is 26.8 Å². The second-order valence-corrected chi connectivity index (χ2v) is 5.60. The number of aromatic nitrogens is 2. The van der Waals surface area contributed by atoms with Gasteiger partial charge in [0.05, 0.1) is 17.5 Å². The van der Waals surface area contributed by atoms with E-state index in [1.165, 1.54) is 10.6 Å². The van der Waals surface area contributed by atoms with Gasteiger partial charge in [-0.2, -0.15) is 0 Å². The quantitative estimate of drug-likeness (QED) is 0.611. The number of rotatable bonds is 5. The molecule has 2 rings (SSSR count). The minimum absolute atomic E-state index is 0.0227. The van der Waals surface area contributed by atoms with Crippen LogP contribution in [0.15, 0.2) is 33.9 Å². The first kappa shape index (κ1) is 18.6. The highest BCUT2D eigenvalue weighted by Crippen LogP contribution is 2.17. The smallest absolute Gasteiger partial charge is 0.332 e. The van der Waals surface area contributed by atoms with Gasteiger partial charge in [-0.25, -0.2) is 18.4 Å². The molecular formula is C17H18F2N2O4. The van der Waals surface area contributed by atoms with Crippen molar-refractivity contribution in [3.05, 3.63) is 56.8 Å². The first-order chi connectivity index (χ1) is 11.8. The van der Waals surface area contributed by atoms with Gasteiger partial charge in [-0.1, -0.05) is 6.08 Å². The summed E-state index contributed by atoms with van der Waals surface area (Å²) in [6.07, 6.45) is 2.40. The number of esters is 1. The molecule has 0 fully saturated rings. The Morgan fingerprint density at radius 2 is 1.88 bits per heavy atom. The summed E-state index contributed by atoms with van der Waals surface area (Å²) in [7, 11) is 0. The van der Waals surface area contributed by atoms with E-state index in [9.17, 15) is 23.2 Å².